The van der Waals surface area contributed by atoms with E-state index < -0.39 is 18.2 Å². The smallest absolute Gasteiger partial charge is 0.387 e. The highest BCUT2D eigenvalue weighted by molar-refractivity contribution is 5.91. The molecule has 1 unspecified atom stereocenters. The van der Waals surface area contributed by atoms with Gasteiger partial charge in [-0.1, -0.05) is 0 Å². The van der Waals surface area contributed by atoms with Crippen molar-refractivity contribution in [3.63, 3.8) is 0 Å². The largest absolute Gasteiger partial charge is 0.432 e. The van der Waals surface area contributed by atoms with Crippen LogP contribution in [-0.2, 0) is 9.53 Å². The first-order valence-electron chi connectivity index (χ1n) is 6.41. The van der Waals surface area contributed by atoms with Crippen molar-refractivity contribution in [3.05, 3.63) is 24.0 Å². The summed E-state index contributed by atoms with van der Waals surface area (Å²) in [6.45, 7) is -1.25. The molecule has 0 bridgehead atoms. The highest BCUT2D eigenvalue weighted by Gasteiger charge is 2.18. The summed E-state index contributed by atoms with van der Waals surface area (Å²) in [5.74, 6) is -1.88. The topological polar surface area (TPSA) is 59.6 Å². The second-order valence-electron chi connectivity index (χ2n) is 4.47. The van der Waals surface area contributed by atoms with E-state index >= 15 is 0 Å². The standard InChI is InChI=1S/C13H15F3N2O3.ClH/c14-10-5-8(1-2-11(10)21-13(15)16)18-12(19)6-9-7-17-3-4-20-9;/h1-2,5,9,13,17H,3-4,6-7H2,(H,18,19);1H. The summed E-state index contributed by atoms with van der Waals surface area (Å²) >= 11 is 0. The van der Waals surface area contributed by atoms with Gasteiger partial charge in [-0.05, 0) is 12.1 Å². The molecule has 1 aromatic carbocycles. The Labute approximate surface area is 131 Å². The van der Waals surface area contributed by atoms with Gasteiger partial charge in [0.05, 0.1) is 19.1 Å². The van der Waals surface area contributed by atoms with Gasteiger partial charge in [0.1, 0.15) is 0 Å². The first-order valence-corrected chi connectivity index (χ1v) is 6.41. The van der Waals surface area contributed by atoms with Crippen molar-refractivity contribution >= 4 is 24.0 Å². The number of amides is 1. The lowest BCUT2D eigenvalue weighted by atomic mass is 10.2. The molecule has 2 rings (SSSR count). The normalized spacial score (nSPS) is 17.7. The maximum absolute atomic E-state index is 13.5. The summed E-state index contributed by atoms with van der Waals surface area (Å²) in [6.07, 6.45) is -0.103. The minimum atomic E-state index is -3.10. The maximum Gasteiger partial charge on any atom is 0.387 e. The molecular formula is C13H16ClF3N2O3. The molecule has 22 heavy (non-hydrogen) atoms. The monoisotopic (exact) mass is 340 g/mol. The van der Waals surface area contributed by atoms with Gasteiger partial charge in [-0.15, -0.1) is 12.4 Å². The van der Waals surface area contributed by atoms with Crippen LogP contribution in [0.1, 0.15) is 6.42 Å². The Morgan fingerprint density at radius 3 is 2.86 bits per heavy atom. The fourth-order valence-electron chi connectivity index (χ4n) is 1.94. The maximum atomic E-state index is 13.5. The molecule has 1 aliphatic heterocycles. The van der Waals surface area contributed by atoms with Crippen LogP contribution >= 0.6 is 12.4 Å². The molecule has 0 radical (unpaired) electrons. The van der Waals surface area contributed by atoms with Gasteiger partial charge in [0.2, 0.25) is 5.91 Å². The molecule has 5 nitrogen and oxygen atoms in total. The molecule has 1 fully saturated rings. The number of morpholine rings is 1. The van der Waals surface area contributed by atoms with Gasteiger partial charge in [-0.25, -0.2) is 4.39 Å². The predicted octanol–water partition coefficient (Wildman–Crippen LogP) is 2.17. The molecule has 1 aromatic rings. The first-order chi connectivity index (χ1) is 10.0. The van der Waals surface area contributed by atoms with E-state index in [0.717, 1.165) is 18.7 Å². The number of carbonyl (C=O) groups excluding carboxylic acids is 1. The summed E-state index contributed by atoms with van der Waals surface area (Å²) in [5.41, 5.74) is 0.169. The van der Waals surface area contributed by atoms with Gasteiger partial charge < -0.3 is 20.1 Å². The Morgan fingerprint density at radius 2 is 2.27 bits per heavy atom. The molecule has 0 spiro atoms. The second kappa shape index (κ2) is 8.82. The molecule has 2 N–H and O–H groups in total. The number of halogens is 4. The van der Waals surface area contributed by atoms with E-state index in [1.165, 1.54) is 6.07 Å². The fraction of sp³-hybridized carbons (Fsp3) is 0.462. The Bertz CT molecular complexity index is 499. The lowest BCUT2D eigenvalue weighted by molar-refractivity contribution is -0.119. The van der Waals surface area contributed by atoms with Crippen molar-refractivity contribution in [1.29, 1.82) is 0 Å². The van der Waals surface area contributed by atoms with Crippen LogP contribution in [0.2, 0.25) is 0 Å². The van der Waals surface area contributed by atoms with Crippen molar-refractivity contribution in [1.82, 2.24) is 5.32 Å². The Morgan fingerprint density at radius 1 is 1.50 bits per heavy atom. The quantitative estimate of drug-likeness (QED) is 0.862. The average Bonchev–Trinajstić information content (AvgIpc) is 2.42. The van der Waals surface area contributed by atoms with Crippen molar-refractivity contribution in [2.45, 2.75) is 19.1 Å². The Kier molecular flexibility index (Phi) is 7.43. The van der Waals surface area contributed by atoms with Crippen LogP contribution in [-0.4, -0.2) is 38.3 Å². The molecule has 1 saturated heterocycles. The summed E-state index contributed by atoms with van der Waals surface area (Å²) in [7, 11) is 0. The van der Waals surface area contributed by atoms with Crippen LogP contribution in [0.3, 0.4) is 0 Å². The summed E-state index contributed by atoms with van der Waals surface area (Å²) < 4.78 is 46.8. The van der Waals surface area contributed by atoms with E-state index in [4.69, 9.17) is 4.74 Å². The average molecular weight is 341 g/mol. The number of nitrogens with one attached hydrogen (secondary N) is 2. The number of hydrogen-bond acceptors (Lipinski definition) is 4. The molecule has 0 aromatic heterocycles. The van der Waals surface area contributed by atoms with Gasteiger partial charge in [-0.3, -0.25) is 4.79 Å². The van der Waals surface area contributed by atoms with Gasteiger partial charge >= 0.3 is 6.61 Å². The van der Waals surface area contributed by atoms with Crippen LogP contribution in [0.5, 0.6) is 5.75 Å². The third-order valence-electron chi connectivity index (χ3n) is 2.85. The van der Waals surface area contributed by atoms with E-state index in [0.29, 0.717) is 13.2 Å². The molecule has 0 aliphatic carbocycles. The summed E-state index contributed by atoms with van der Waals surface area (Å²) in [6, 6.07) is 3.25. The van der Waals surface area contributed by atoms with Gasteiger partial charge in [0.15, 0.2) is 11.6 Å². The second-order valence-corrected chi connectivity index (χ2v) is 4.47. The van der Waals surface area contributed by atoms with Crippen molar-refractivity contribution in [2.24, 2.45) is 0 Å². The van der Waals surface area contributed by atoms with Crippen LogP contribution in [0.25, 0.3) is 0 Å². The molecule has 1 amide bonds. The van der Waals surface area contributed by atoms with E-state index in [9.17, 15) is 18.0 Å². The van der Waals surface area contributed by atoms with Gasteiger partial charge in [0.25, 0.3) is 0 Å². The number of benzene rings is 1. The van der Waals surface area contributed by atoms with E-state index in [2.05, 4.69) is 15.4 Å². The van der Waals surface area contributed by atoms with Crippen LogP contribution in [0.4, 0.5) is 18.9 Å². The number of hydrogen-bond donors (Lipinski definition) is 2. The highest BCUT2D eigenvalue weighted by atomic mass is 35.5. The third-order valence-corrected chi connectivity index (χ3v) is 2.85. The molecule has 1 aliphatic rings. The lowest BCUT2D eigenvalue weighted by Crippen LogP contribution is -2.40. The number of alkyl halides is 2. The number of carbonyl (C=O) groups is 1. The minimum absolute atomic E-state index is 0. The van der Waals surface area contributed by atoms with Crippen LogP contribution < -0.4 is 15.4 Å². The third kappa shape index (κ3) is 5.70. The first kappa shape index (κ1) is 18.5. The molecule has 1 atom stereocenters. The zero-order chi connectivity index (χ0) is 15.2. The molecule has 1 heterocycles. The fourth-order valence-corrected chi connectivity index (χ4v) is 1.94. The molecular weight excluding hydrogens is 325 g/mol. The van der Waals surface area contributed by atoms with Crippen molar-refractivity contribution < 1.29 is 27.4 Å². The van der Waals surface area contributed by atoms with Gasteiger partial charge in [-0.2, -0.15) is 8.78 Å². The summed E-state index contributed by atoms with van der Waals surface area (Å²) in [5, 5.41) is 5.57. The lowest BCUT2D eigenvalue weighted by Gasteiger charge is -2.23. The zero-order valence-corrected chi connectivity index (χ0v) is 12.3. The molecule has 124 valence electrons. The SMILES string of the molecule is Cl.O=C(CC1CNCCO1)Nc1ccc(OC(F)F)c(F)c1. The number of anilines is 1. The number of ether oxygens (including phenoxy) is 2. The Balaban J connectivity index is 0.00000242. The highest BCUT2D eigenvalue weighted by Crippen LogP contribution is 2.23. The summed E-state index contributed by atoms with van der Waals surface area (Å²) in [4.78, 5) is 11.8. The predicted molar refractivity (Wildman–Crippen MR) is 76.1 cm³/mol. The Hall–Kier alpha value is -1.51. The zero-order valence-electron chi connectivity index (χ0n) is 11.5. The number of rotatable bonds is 5. The van der Waals surface area contributed by atoms with Gasteiger partial charge in [0, 0.05) is 24.8 Å². The minimum Gasteiger partial charge on any atom is -0.432 e. The molecule has 0 saturated carbocycles. The molecule has 9 heteroatoms. The van der Waals surface area contributed by atoms with Crippen LogP contribution in [0.15, 0.2) is 18.2 Å². The van der Waals surface area contributed by atoms with E-state index in [1.54, 1.807) is 0 Å². The van der Waals surface area contributed by atoms with Crippen molar-refractivity contribution in [2.75, 3.05) is 25.0 Å². The van der Waals surface area contributed by atoms with Crippen molar-refractivity contribution in [3.8, 4) is 5.75 Å². The van der Waals surface area contributed by atoms with E-state index in [1.807, 2.05) is 0 Å². The van der Waals surface area contributed by atoms with Crippen LogP contribution in [0, 0.1) is 5.82 Å². The van der Waals surface area contributed by atoms with E-state index in [-0.39, 0.29) is 36.5 Å².